The molecule has 0 aliphatic heterocycles. The zero-order valence-electron chi connectivity index (χ0n) is 14.8. The van der Waals surface area contributed by atoms with E-state index in [0.717, 1.165) is 36.0 Å². The number of aromatic nitrogens is 2. The molecular formula is C16H24Cl2IN5S. The van der Waals surface area contributed by atoms with Gasteiger partial charge in [0.15, 0.2) is 5.96 Å². The van der Waals surface area contributed by atoms with Gasteiger partial charge in [-0.1, -0.05) is 30.1 Å². The number of guanidine groups is 1. The molecular weight excluding hydrogens is 492 g/mol. The second-order valence-corrected chi connectivity index (χ2v) is 7.45. The Morgan fingerprint density at radius 1 is 1.36 bits per heavy atom. The second-order valence-electron chi connectivity index (χ2n) is 5.40. The van der Waals surface area contributed by atoms with Crippen molar-refractivity contribution in [3.05, 3.63) is 37.5 Å². The summed E-state index contributed by atoms with van der Waals surface area (Å²) in [5.74, 6) is 0.743. The molecule has 0 amide bonds. The number of thiazole rings is 1. The summed E-state index contributed by atoms with van der Waals surface area (Å²) < 4.78 is 1.86. The lowest BCUT2D eigenvalue weighted by Gasteiger charge is -2.12. The lowest BCUT2D eigenvalue weighted by atomic mass is 10.3. The quantitative estimate of drug-likeness (QED) is 0.344. The number of nitrogens with one attached hydrogen (secondary N) is 2. The van der Waals surface area contributed by atoms with Crippen LogP contribution in [0, 0.1) is 6.92 Å². The van der Waals surface area contributed by atoms with Crippen LogP contribution in [0.3, 0.4) is 0 Å². The van der Waals surface area contributed by atoms with E-state index >= 15 is 0 Å². The van der Waals surface area contributed by atoms with Gasteiger partial charge in [-0.15, -0.1) is 35.3 Å². The highest BCUT2D eigenvalue weighted by atomic mass is 127. The van der Waals surface area contributed by atoms with Gasteiger partial charge in [-0.05, 0) is 19.4 Å². The molecule has 0 saturated heterocycles. The number of nitrogens with zero attached hydrogens (tertiary/aromatic N) is 3. The van der Waals surface area contributed by atoms with E-state index in [-0.39, 0.29) is 24.0 Å². The van der Waals surface area contributed by atoms with Crippen molar-refractivity contribution in [1.82, 2.24) is 20.2 Å². The molecule has 2 heterocycles. The molecule has 0 bridgehead atoms. The first-order valence-electron chi connectivity index (χ1n) is 7.85. The smallest absolute Gasteiger partial charge is 0.191 e. The van der Waals surface area contributed by atoms with Gasteiger partial charge in [0.25, 0.3) is 0 Å². The minimum absolute atomic E-state index is 0. The molecule has 2 aromatic heterocycles. The van der Waals surface area contributed by atoms with Crippen molar-refractivity contribution in [3.8, 4) is 0 Å². The highest BCUT2D eigenvalue weighted by Crippen LogP contribution is 2.24. The Morgan fingerprint density at radius 2 is 2.08 bits per heavy atom. The van der Waals surface area contributed by atoms with E-state index in [0.29, 0.717) is 16.7 Å². The predicted molar refractivity (Wildman–Crippen MR) is 119 cm³/mol. The van der Waals surface area contributed by atoms with Crippen LogP contribution in [0.15, 0.2) is 11.1 Å². The number of hydrogen-bond donors (Lipinski definition) is 2. The Morgan fingerprint density at radius 3 is 2.60 bits per heavy atom. The summed E-state index contributed by atoms with van der Waals surface area (Å²) in [5, 5.41) is 8.84. The van der Waals surface area contributed by atoms with Gasteiger partial charge >= 0.3 is 0 Å². The standard InChI is InChI=1S/C16H23Cl2N5S.HI/c1-5-13-10(2)24-14(22-13)6-7-20-16(19-3)21-9-11-8-12(17)15(18)23(11)4;/h8H,5-7,9H2,1-4H3,(H2,19,20,21);1H. The fraction of sp³-hybridized carbons (Fsp3) is 0.500. The number of rotatable bonds is 6. The number of hydrogen-bond acceptors (Lipinski definition) is 3. The van der Waals surface area contributed by atoms with Crippen molar-refractivity contribution in [2.45, 2.75) is 33.2 Å². The largest absolute Gasteiger partial charge is 0.356 e. The average molecular weight is 516 g/mol. The summed E-state index contributed by atoms with van der Waals surface area (Å²) in [6.45, 7) is 5.64. The van der Waals surface area contributed by atoms with Gasteiger partial charge in [0, 0.05) is 37.6 Å². The average Bonchev–Trinajstić information content (AvgIpc) is 3.05. The Kier molecular flexibility index (Phi) is 9.55. The minimum Gasteiger partial charge on any atom is -0.356 e. The molecule has 0 spiro atoms. The SMILES string of the molecule is CCc1nc(CCNC(=NC)NCc2cc(Cl)c(Cl)n2C)sc1C.I. The maximum atomic E-state index is 6.08. The van der Waals surface area contributed by atoms with Gasteiger partial charge in [-0.25, -0.2) is 4.98 Å². The van der Waals surface area contributed by atoms with Crippen LogP contribution < -0.4 is 10.6 Å². The van der Waals surface area contributed by atoms with E-state index in [1.165, 1.54) is 10.6 Å². The number of aliphatic imine (C=N–C) groups is 1. The third-order valence-corrected chi connectivity index (χ3v) is 5.69. The first-order chi connectivity index (χ1) is 11.5. The summed E-state index contributed by atoms with van der Waals surface area (Å²) in [4.78, 5) is 10.2. The first kappa shape index (κ1) is 22.5. The molecule has 0 atom stereocenters. The van der Waals surface area contributed by atoms with E-state index in [2.05, 4.69) is 34.5 Å². The normalized spacial score (nSPS) is 11.4. The van der Waals surface area contributed by atoms with Crippen LogP contribution in [-0.2, 0) is 26.4 Å². The monoisotopic (exact) mass is 515 g/mol. The molecule has 25 heavy (non-hydrogen) atoms. The fourth-order valence-electron chi connectivity index (χ4n) is 2.36. The zero-order valence-corrected chi connectivity index (χ0v) is 19.5. The third-order valence-electron chi connectivity index (χ3n) is 3.78. The van der Waals surface area contributed by atoms with Crippen LogP contribution in [-0.4, -0.2) is 29.1 Å². The summed E-state index contributed by atoms with van der Waals surface area (Å²) in [6, 6.07) is 1.86. The van der Waals surface area contributed by atoms with Crippen molar-refractivity contribution >= 4 is 64.5 Å². The lowest BCUT2D eigenvalue weighted by molar-refractivity contribution is 0.745. The topological polar surface area (TPSA) is 54.2 Å². The molecule has 140 valence electrons. The molecule has 0 unspecified atom stereocenters. The Balaban J connectivity index is 0.00000312. The van der Waals surface area contributed by atoms with Crippen LogP contribution in [0.1, 0.15) is 28.2 Å². The van der Waals surface area contributed by atoms with Gasteiger partial charge in [0.1, 0.15) is 5.15 Å². The molecule has 2 aromatic rings. The van der Waals surface area contributed by atoms with Crippen molar-refractivity contribution in [3.63, 3.8) is 0 Å². The fourth-order valence-corrected chi connectivity index (χ4v) is 3.80. The Bertz CT molecular complexity index is 726. The van der Waals surface area contributed by atoms with Gasteiger partial charge in [-0.2, -0.15) is 0 Å². The molecule has 9 heteroatoms. The van der Waals surface area contributed by atoms with Gasteiger partial charge < -0.3 is 15.2 Å². The van der Waals surface area contributed by atoms with Gasteiger partial charge in [0.05, 0.1) is 22.3 Å². The highest BCUT2D eigenvalue weighted by Gasteiger charge is 2.10. The maximum Gasteiger partial charge on any atom is 0.191 e. The molecule has 2 rings (SSSR count). The Hall–Kier alpha value is -0.510. The van der Waals surface area contributed by atoms with Crippen molar-refractivity contribution in [2.24, 2.45) is 12.0 Å². The molecule has 0 saturated carbocycles. The zero-order chi connectivity index (χ0) is 17.7. The highest BCUT2D eigenvalue weighted by molar-refractivity contribution is 14.0. The molecule has 0 fully saturated rings. The van der Waals surface area contributed by atoms with Crippen molar-refractivity contribution in [1.29, 1.82) is 0 Å². The van der Waals surface area contributed by atoms with Crippen molar-refractivity contribution < 1.29 is 0 Å². The van der Waals surface area contributed by atoms with Gasteiger partial charge in [-0.3, -0.25) is 4.99 Å². The number of halogens is 3. The van der Waals surface area contributed by atoms with Crippen LogP contribution in [0.25, 0.3) is 0 Å². The van der Waals surface area contributed by atoms with E-state index in [1.54, 1.807) is 18.4 Å². The van der Waals surface area contributed by atoms with E-state index in [1.807, 2.05) is 17.7 Å². The van der Waals surface area contributed by atoms with E-state index < -0.39 is 0 Å². The van der Waals surface area contributed by atoms with Gasteiger partial charge in [0.2, 0.25) is 0 Å². The predicted octanol–water partition coefficient (Wildman–Crippen LogP) is 4.18. The lowest BCUT2D eigenvalue weighted by Crippen LogP contribution is -2.38. The van der Waals surface area contributed by atoms with E-state index in [4.69, 9.17) is 23.2 Å². The second kappa shape index (κ2) is 10.6. The molecule has 5 nitrogen and oxygen atoms in total. The minimum atomic E-state index is 0. The molecule has 0 aliphatic rings. The molecule has 0 aliphatic carbocycles. The van der Waals surface area contributed by atoms with Crippen LogP contribution in [0.4, 0.5) is 0 Å². The Labute approximate surface area is 180 Å². The molecule has 0 radical (unpaired) electrons. The van der Waals surface area contributed by atoms with Crippen molar-refractivity contribution in [2.75, 3.05) is 13.6 Å². The van der Waals surface area contributed by atoms with Crippen LogP contribution in [0.5, 0.6) is 0 Å². The summed E-state index contributed by atoms with van der Waals surface area (Å²) in [7, 11) is 3.64. The van der Waals surface area contributed by atoms with E-state index in [9.17, 15) is 0 Å². The third kappa shape index (κ3) is 6.01. The van der Waals surface area contributed by atoms with Crippen LogP contribution >= 0.6 is 58.5 Å². The first-order valence-corrected chi connectivity index (χ1v) is 9.42. The summed E-state index contributed by atoms with van der Waals surface area (Å²) >= 11 is 13.9. The maximum absolute atomic E-state index is 6.08. The summed E-state index contributed by atoms with van der Waals surface area (Å²) in [6.07, 6.45) is 1.87. The molecule has 0 aromatic carbocycles. The molecule has 2 N–H and O–H groups in total. The number of aryl methyl sites for hydroxylation is 2. The summed E-state index contributed by atoms with van der Waals surface area (Å²) in [5.41, 5.74) is 2.20. The van der Waals surface area contributed by atoms with Crippen LogP contribution in [0.2, 0.25) is 10.2 Å².